The molecule has 35 heavy (non-hydrogen) atoms. The third-order valence-corrected chi connectivity index (χ3v) is 5.67. The van der Waals surface area contributed by atoms with Gasteiger partial charge >= 0.3 is 6.09 Å². The summed E-state index contributed by atoms with van der Waals surface area (Å²) >= 11 is 0. The van der Waals surface area contributed by atoms with Crippen molar-refractivity contribution in [1.82, 2.24) is 21.5 Å². The first-order chi connectivity index (χ1) is 16.2. The Morgan fingerprint density at radius 3 is 1.86 bits per heavy atom. The average Bonchev–Trinajstić information content (AvgIpc) is 2.72. The van der Waals surface area contributed by atoms with Gasteiger partial charge in [0.25, 0.3) is 0 Å². The number of ether oxygens (including phenoxy) is 1. The van der Waals surface area contributed by atoms with Crippen molar-refractivity contribution in [3.8, 4) is 0 Å². The predicted octanol–water partition coefficient (Wildman–Crippen LogP) is 3.80. The highest BCUT2D eigenvalue weighted by molar-refractivity contribution is 5.90. The SMILES string of the molecule is CCCCCCC(O)C(CCC)NC(=O)[C@@H](NC(=O)[C@@H](NNC(=O)OC(C)(C)C)C(C)C)C(C)C. The topological polar surface area (TPSA) is 129 Å². The van der Waals surface area contributed by atoms with Crippen LogP contribution in [0.3, 0.4) is 0 Å². The maximum Gasteiger partial charge on any atom is 0.422 e. The lowest BCUT2D eigenvalue weighted by Crippen LogP contribution is -2.60. The number of unbranched alkanes of at least 4 members (excludes halogenated alkanes) is 3. The van der Waals surface area contributed by atoms with Crippen molar-refractivity contribution >= 4 is 17.9 Å². The largest absolute Gasteiger partial charge is 0.443 e. The van der Waals surface area contributed by atoms with Gasteiger partial charge in [-0.15, -0.1) is 0 Å². The molecule has 5 N–H and O–H groups in total. The fourth-order valence-electron chi connectivity index (χ4n) is 3.68. The van der Waals surface area contributed by atoms with Gasteiger partial charge in [-0.3, -0.25) is 15.0 Å². The lowest BCUT2D eigenvalue weighted by molar-refractivity contribution is -0.132. The number of hydrogen-bond donors (Lipinski definition) is 5. The maximum atomic E-state index is 13.2. The predicted molar refractivity (Wildman–Crippen MR) is 140 cm³/mol. The summed E-state index contributed by atoms with van der Waals surface area (Å²) in [4.78, 5) is 38.2. The Hall–Kier alpha value is -1.87. The average molecular weight is 501 g/mol. The Kier molecular flexibility index (Phi) is 15.8. The first-order valence-electron chi connectivity index (χ1n) is 13.3. The molecule has 0 rings (SSSR count). The summed E-state index contributed by atoms with van der Waals surface area (Å²) in [6.45, 7) is 16.8. The lowest BCUT2D eigenvalue weighted by atomic mass is 9.97. The molecule has 0 saturated carbocycles. The fraction of sp³-hybridized carbons (Fsp3) is 0.885. The second-order valence-corrected chi connectivity index (χ2v) is 11.0. The van der Waals surface area contributed by atoms with Crippen molar-refractivity contribution in [3.63, 3.8) is 0 Å². The van der Waals surface area contributed by atoms with E-state index in [1.54, 1.807) is 20.8 Å². The Morgan fingerprint density at radius 1 is 0.800 bits per heavy atom. The number of rotatable bonds is 16. The molecule has 0 aromatic rings. The Bertz CT molecular complexity index is 634. The van der Waals surface area contributed by atoms with E-state index >= 15 is 0 Å². The Labute approximate surface area is 212 Å². The minimum atomic E-state index is -0.779. The molecule has 4 atom stereocenters. The van der Waals surface area contributed by atoms with Gasteiger partial charge in [0.1, 0.15) is 17.7 Å². The van der Waals surface area contributed by atoms with E-state index in [-0.39, 0.29) is 23.8 Å². The Balaban J connectivity index is 5.19. The molecule has 0 bridgehead atoms. The second kappa shape index (κ2) is 16.7. The summed E-state index contributed by atoms with van der Waals surface area (Å²) < 4.78 is 5.20. The molecular formula is C26H52N4O5. The van der Waals surface area contributed by atoms with Gasteiger partial charge < -0.3 is 20.5 Å². The van der Waals surface area contributed by atoms with Crippen LogP contribution in [0, 0.1) is 11.8 Å². The van der Waals surface area contributed by atoms with Crippen molar-refractivity contribution < 1.29 is 24.2 Å². The van der Waals surface area contributed by atoms with Crippen LogP contribution in [0.1, 0.15) is 107 Å². The number of carbonyl (C=O) groups excluding carboxylic acids is 3. The van der Waals surface area contributed by atoms with Crippen LogP contribution in [0.25, 0.3) is 0 Å². The fourth-order valence-corrected chi connectivity index (χ4v) is 3.68. The van der Waals surface area contributed by atoms with Gasteiger partial charge in [-0.2, -0.15) is 0 Å². The van der Waals surface area contributed by atoms with Crippen LogP contribution in [-0.2, 0) is 14.3 Å². The van der Waals surface area contributed by atoms with Crippen LogP contribution in [-0.4, -0.2) is 52.8 Å². The van der Waals surface area contributed by atoms with Gasteiger partial charge in [0.05, 0.1) is 12.1 Å². The van der Waals surface area contributed by atoms with Gasteiger partial charge in [0.15, 0.2) is 0 Å². The van der Waals surface area contributed by atoms with E-state index in [1.807, 2.05) is 34.6 Å². The molecule has 2 unspecified atom stereocenters. The van der Waals surface area contributed by atoms with E-state index in [9.17, 15) is 19.5 Å². The smallest absolute Gasteiger partial charge is 0.422 e. The molecule has 0 spiro atoms. The third kappa shape index (κ3) is 14.3. The summed E-state index contributed by atoms with van der Waals surface area (Å²) in [5.74, 6) is -1.06. The van der Waals surface area contributed by atoms with Crippen LogP contribution >= 0.6 is 0 Å². The number of carbonyl (C=O) groups is 3. The van der Waals surface area contributed by atoms with Crippen molar-refractivity contribution in [2.24, 2.45) is 11.8 Å². The quantitative estimate of drug-likeness (QED) is 0.162. The number of amides is 3. The van der Waals surface area contributed by atoms with E-state index in [0.717, 1.165) is 32.1 Å². The van der Waals surface area contributed by atoms with Crippen LogP contribution in [0.15, 0.2) is 0 Å². The van der Waals surface area contributed by atoms with Crippen LogP contribution < -0.4 is 21.5 Å². The van der Waals surface area contributed by atoms with E-state index in [1.165, 1.54) is 0 Å². The molecule has 0 aromatic carbocycles. The van der Waals surface area contributed by atoms with Crippen molar-refractivity contribution in [2.45, 2.75) is 137 Å². The van der Waals surface area contributed by atoms with Gasteiger partial charge in [0, 0.05) is 0 Å². The molecule has 0 fully saturated rings. The van der Waals surface area contributed by atoms with Crippen molar-refractivity contribution in [3.05, 3.63) is 0 Å². The highest BCUT2D eigenvalue weighted by atomic mass is 16.6. The summed E-state index contributed by atoms with van der Waals surface area (Å²) in [7, 11) is 0. The number of hydrogen-bond acceptors (Lipinski definition) is 6. The van der Waals surface area contributed by atoms with Gasteiger partial charge in [-0.1, -0.05) is 73.6 Å². The summed E-state index contributed by atoms with van der Waals surface area (Å²) in [6, 6.07) is -1.91. The van der Waals surface area contributed by atoms with Gasteiger partial charge in [-0.25, -0.2) is 10.2 Å². The summed E-state index contributed by atoms with van der Waals surface area (Å²) in [6.07, 6.45) is 5.05. The second-order valence-electron chi connectivity index (χ2n) is 11.0. The standard InChI is InChI=1S/C26H52N4O5/c1-10-12-13-14-16-20(31)19(15-11-2)27-23(32)21(17(3)4)28-24(33)22(18(5)6)29-30-25(34)35-26(7,8)9/h17-22,29,31H,10-16H2,1-9H3,(H,27,32)(H,28,33)(H,30,34)/t19?,20?,21-,22-/m0/s1. The monoisotopic (exact) mass is 500 g/mol. The zero-order valence-electron chi connectivity index (χ0n) is 23.5. The normalized spacial score (nSPS) is 15.3. The molecule has 0 aliphatic heterocycles. The first-order valence-corrected chi connectivity index (χ1v) is 13.3. The van der Waals surface area contributed by atoms with Gasteiger partial charge in [0.2, 0.25) is 11.8 Å². The molecule has 3 amide bonds. The number of aliphatic hydroxyl groups excluding tert-OH is 1. The minimum absolute atomic E-state index is 0.168. The number of nitrogens with one attached hydrogen (secondary N) is 4. The molecule has 206 valence electrons. The third-order valence-electron chi connectivity index (χ3n) is 5.67. The van der Waals surface area contributed by atoms with Crippen molar-refractivity contribution in [2.75, 3.05) is 0 Å². The molecule has 9 nitrogen and oxygen atoms in total. The lowest BCUT2D eigenvalue weighted by Gasteiger charge is -2.30. The van der Waals surface area contributed by atoms with Crippen LogP contribution in [0.2, 0.25) is 0 Å². The zero-order chi connectivity index (χ0) is 27.2. The van der Waals surface area contributed by atoms with E-state index in [4.69, 9.17) is 4.74 Å². The molecular weight excluding hydrogens is 448 g/mol. The molecule has 0 saturated heterocycles. The number of hydrazine groups is 1. The van der Waals surface area contributed by atoms with Crippen LogP contribution in [0.5, 0.6) is 0 Å². The van der Waals surface area contributed by atoms with Crippen LogP contribution in [0.4, 0.5) is 4.79 Å². The maximum absolute atomic E-state index is 13.2. The summed E-state index contributed by atoms with van der Waals surface area (Å²) in [5.41, 5.74) is 4.48. The van der Waals surface area contributed by atoms with E-state index in [2.05, 4.69) is 28.4 Å². The molecule has 0 aliphatic carbocycles. The van der Waals surface area contributed by atoms with Gasteiger partial charge in [-0.05, 0) is 45.4 Å². The zero-order valence-corrected chi connectivity index (χ0v) is 23.5. The Morgan fingerprint density at radius 2 is 1.37 bits per heavy atom. The molecule has 0 aromatic heterocycles. The highest BCUT2D eigenvalue weighted by Gasteiger charge is 2.32. The number of aliphatic hydroxyl groups is 1. The van der Waals surface area contributed by atoms with E-state index in [0.29, 0.717) is 12.8 Å². The molecule has 0 radical (unpaired) electrons. The molecule has 9 heteroatoms. The molecule has 0 aliphatic rings. The summed E-state index contributed by atoms with van der Waals surface area (Å²) in [5, 5.41) is 16.5. The molecule has 0 heterocycles. The van der Waals surface area contributed by atoms with E-state index < -0.39 is 35.8 Å². The minimum Gasteiger partial charge on any atom is -0.443 e. The first kappa shape index (κ1) is 33.1. The highest BCUT2D eigenvalue weighted by Crippen LogP contribution is 2.14. The van der Waals surface area contributed by atoms with Crippen molar-refractivity contribution in [1.29, 1.82) is 0 Å².